The molecule has 3 rings (SSSR count). The number of nitrogens with zero attached hydrogens (tertiary/aromatic N) is 2. The van der Waals surface area contributed by atoms with Crippen molar-refractivity contribution < 1.29 is 9.18 Å². The number of amides is 1. The van der Waals surface area contributed by atoms with Crippen LogP contribution in [0.2, 0.25) is 0 Å². The van der Waals surface area contributed by atoms with Crippen LogP contribution in [0.25, 0.3) is 0 Å². The maximum atomic E-state index is 12.7. The fourth-order valence-corrected chi connectivity index (χ4v) is 3.92. The molecular formula is C15H25FN2O. The molecule has 2 saturated heterocycles. The maximum Gasteiger partial charge on any atom is 0.223 e. The van der Waals surface area contributed by atoms with Gasteiger partial charge in [0.25, 0.3) is 0 Å². The van der Waals surface area contributed by atoms with Crippen molar-refractivity contribution >= 4 is 5.91 Å². The Hall–Kier alpha value is -0.640. The molecule has 0 radical (unpaired) electrons. The van der Waals surface area contributed by atoms with Gasteiger partial charge in [-0.2, -0.15) is 0 Å². The largest absolute Gasteiger partial charge is 0.334 e. The molecule has 1 aliphatic carbocycles. The third-order valence-corrected chi connectivity index (χ3v) is 5.21. The van der Waals surface area contributed by atoms with E-state index >= 15 is 0 Å². The fraction of sp³-hybridized carbons (Fsp3) is 0.933. The Morgan fingerprint density at radius 1 is 1.21 bits per heavy atom. The van der Waals surface area contributed by atoms with Crippen LogP contribution in [0.1, 0.15) is 44.9 Å². The third kappa shape index (κ3) is 2.78. The number of hydrogen-bond acceptors (Lipinski definition) is 2. The van der Waals surface area contributed by atoms with Crippen molar-refractivity contribution in [2.24, 2.45) is 5.92 Å². The van der Waals surface area contributed by atoms with Crippen LogP contribution in [0.15, 0.2) is 0 Å². The van der Waals surface area contributed by atoms with Crippen molar-refractivity contribution in [3.63, 3.8) is 0 Å². The van der Waals surface area contributed by atoms with E-state index in [-0.39, 0.29) is 11.4 Å². The minimum Gasteiger partial charge on any atom is -0.334 e. The predicted octanol–water partition coefficient (Wildman–Crippen LogP) is 2.21. The van der Waals surface area contributed by atoms with Gasteiger partial charge in [-0.1, -0.05) is 0 Å². The molecule has 0 N–H and O–H groups in total. The number of rotatable bonds is 4. The molecule has 2 heterocycles. The van der Waals surface area contributed by atoms with Crippen LogP contribution in [-0.4, -0.2) is 54.1 Å². The van der Waals surface area contributed by atoms with Gasteiger partial charge in [-0.05, 0) is 51.0 Å². The molecule has 0 aromatic rings. The van der Waals surface area contributed by atoms with Crippen molar-refractivity contribution in [3.05, 3.63) is 0 Å². The molecule has 1 atom stereocenters. The Kier molecular flexibility index (Phi) is 3.79. The molecule has 108 valence electrons. The van der Waals surface area contributed by atoms with Crippen molar-refractivity contribution in [2.45, 2.75) is 50.5 Å². The zero-order valence-corrected chi connectivity index (χ0v) is 11.7. The summed E-state index contributed by atoms with van der Waals surface area (Å²) in [5, 5.41) is 0. The highest BCUT2D eigenvalue weighted by molar-refractivity contribution is 5.79. The molecule has 0 aromatic carbocycles. The quantitative estimate of drug-likeness (QED) is 0.780. The molecule has 4 heteroatoms. The Morgan fingerprint density at radius 3 is 2.79 bits per heavy atom. The molecule has 1 saturated carbocycles. The molecule has 2 aliphatic heterocycles. The van der Waals surface area contributed by atoms with E-state index in [2.05, 4.69) is 4.90 Å². The first-order valence-electron chi connectivity index (χ1n) is 7.82. The molecule has 1 unspecified atom stereocenters. The van der Waals surface area contributed by atoms with Crippen molar-refractivity contribution in [3.8, 4) is 0 Å². The molecular weight excluding hydrogens is 243 g/mol. The molecule has 1 amide bonds. The van der Waals surface area contributed by atoms with Crippen LogP contribution >= 0.6 is 0 Å². The van der Waals surface area contributed by atoms with E-state index in [1.807, 2.05) is 4.90 Å². The molecule has 0 bridgehead atoms. The summed E-state index contributed by atoms with van der Waals surface area (Å²) in [6, 6.07) is 0. The normalized spacial score (nSPS) is 33.1. The smallest absolute Gasteiger partial charge is 0.223 e. The lowest BCUT2D eigenvalue weighted by Gasteiger charge is -2.37. The second-order valence-electron chi connectivity index (χ2n) is 6.56. The SMILES string of the molecule is O=C1CCC2(CCCN(CC3CC3)CC2)N1CCF. The lowest BCUT2D eigenvalue weighted by molar-refractivity contribution is -0.131. The number of hydrogen-bond donors (Lipinski definition) is 0. The van der Waals surface area contributed by atoms with E-state index in [1.165, 1.54) is 19.4 Å². The second kappa shape index (κ2) is 5.39. The summed E-state index contributed by atoms with van der Waals surface area (Å²) in [5.74, 6) is 1.11. The van der Waals surface area contributed by atoms with Crippen LogP contribution < -0.4 is 0 Å². The van der Waals surface area contributed by atoms with Gasteiger partial charge in [0.2, 0.25) is 5.91 Å². The van der Waals surface area contributed by atoms with E-state index in [9.17, 15) is 9.18 Å². The van der Waals surface area contributed by atoms with Crippen LogP contribution in [0.4, 0.5) is 4.39 Å². The highest BCUT2D eigenvalue weighted by Crippen LogP contribution is 2.39. The van der Waals surface area contributed by atoms with Gasteiger partial charge in [-0.15, -0.1) is 0 Å². The van der Waals surface area contributed by atoms with Gasteiger partial charge < -0.3 is 9.80 Å². The lowest BCUT2D eigenvalue weighted by atomic mass is 9.88. The highest BCUT2D eigenvalue weighted by atomic mass is 19.1. The minimum atomic E-state index is -0.403. The van der Waals surface area contributed by atoms with E-state index in [0.29, 0.717) is 13.0 Å². The van der Waals surface area contributed by atoms with Crippen molar-refractivity contribution in [1.29, 1.82) is 0 Å². The second-order valence-corrected chi connectivity index (χ2v) is 6.56. The van der Waals surface area contributed by atoms with Gasteiger partial charge in [0, 0.05) is 31.6 Å². The van der Waals surface area contributed by atoms with Crippen molar-refractivity contribution in [2.75, 3.05) is 32.9 Å². The first-order valence-corrected chi connectivity index (χ1v) is 7.82. The zero-order chi connectivity index (χ0) is 13.3. The molecule has 1 spiro atoms. The summed E-state index contributed by atoms with van der Waals surface area (Å²) in [6.07, 6.45) is 7.64. The van der Waals surface area contributed by atoms with Crippen molar-refractivity contribution in [1.82, 2.24) is 9.80 Å². The average Bonchev–Trinajstić information content (AvgIpc) is 3.18. The van der Waals surface area contributed by atoms with E-state index in [0.717, 1.165) is 44.7 Å². The first-order chi connectivity index (χ1) is 9.23. The van der Waals surface area contributed by atoms with Crippen LogP contribution in [0.5, 0.6) is 0 Å². The van der Waals surface area contributed by atoms with E-state index in [1.54, 1.807) is 0 Å². The standard InChI is InChI=1S/C15H25FN2O/c16-8-11-18-14(19)4-6-15(18)5-1-9-17(10-7-15)12-13-2-3-13/h13H,1-12H2. The van der Waals surface area contributed by atoms with Gasteiger partial charge in [0.05, 0.1) is 0 Å². The van der Waals surface area contributed by atoms with Gasteiger partial charge >= 0.3 is 0 Å². The van der Waals surface area contributed by atoms with Crippen LogP contribution in [0, 0.1) is 5.92 Å². The summed E-state index contributed by atoms with van der Waals surface area (Å²) in [5.41, 5.74) is -0.0124. The van der Waals surface area contributed by atoms with E-state index in [4.69, 9.17) is 0 Å². The van der Waals surface area contributed by atoms with Crippen LogP contribution in [-0.2, 0) is 4.79 Å². The molecule has 3 aliphatic rings. The summed E-state index contributed by atoms with van der Waals surface area (Å²) >= 11 is 0. The number of carbonyl (C=O) groups is 1. The Balaban J connectivity index is 1.64. The monoisotopic (exact) mass is 268 g/mol. The van der Waals surface area contributed by atoms with Gasteiger partial charge in [-0.25, -0.2) is 4.39 Å². The average molecular weight is 268 g/mol. The molecule has 3 fully saturated rings. The summed E-state index contributed by atoms with van der Waals surface area (Å²) in [7, 11) is 0. The third-order valence-electron chi connectivity index (χ3n) is 5.21. The number of carbonyl (C=O) groups excluding carboxylic acids is 1. The first kappa shape index (κ1) is 13.3. The maximum absolute atomic E-state index is 12.7. The van der Waals surface area contributed by atoms with E-state index < -0.39 is 6.67 Å². The molecule has 19 heavy (non-hydrogen) atoms. The van der Waals surface area contributed by atoms with Crippen LogP contribution in [0.3, 0.4) is 0 Å². The summed E-state index contributed by atoms with van der Waals surface area (Å²) in [4.78, 5) is 16.4. The Bertz CT molecular complexity index is 345. The predicted molar refractivity (Wildman–Crippen MR) is 72.7 cm³/mol. The lowest BCUT2D eigenvalue weighted by Crippen LogP contribution is -2.47. The number of likely N-dealkylation sites (tertiary alicyclic amines) is 2. The van der Waals surface area contributed by atoms with Gasteiger partial charge in [0.15, 0.2) is 0 Å². The Morgan fingerprint density at radius 2 is 2.05 bits per heavy atom. The van der Waals surface area contributed by atoms with Gasteiger partial charge in [-0.3, -0.25) is 4.79 Å². The van der Waals surface area contributed by atoms with Gasteiger partial charge in [0.1, 0.15) is 6.67 Å². The Labute approximate surface area is 115 Å². The number of halogens is 1. The zero-order valence-electron chi connectivity index (χ0n) is 11.7. The molecule has 3 nitrogen and oxygen atoms in total. The topological polar surface area (TPSA) is 23.6 Å². The summed E-state index contributed by atoms with van der Waals surface area (Å²) in [6.45, 7) is 3.40. The summed E-state index contributed by atoms with van der Waals surface area (Å²) < 4.78 is 12.7. The fourth-order valence-electron chi connectivity index (χ4n) is 3.92. The highest BCUT2D eigenvalue weighted by Gasteiger charge is 2.45. The molecule has 0 aromatic heterocycles. The minimum absolute atomic E-state index is 0.0124. The number of alkyl halides is 1.